The van der Waals surface area contributed by atoms with Gasteiger partial charge in [-0.15, -0.1) is 0 Å². The number of hydrogen-bond donors (Lipinski definition) is 1. The molecule has 1 amide bonds. The zero-order valence-corrected chi connectivity index (χ0v) is 17.2. The second kappa shape index (κ2) is 7.68. The fourth-order valence-corrected chi connectivity index (χ4v) is 4.15. The van der Waals surface area contributed by atoms with Crippen molar-refractivity contribution < 1.29 is 9.90 Å². The van der Waals surface area contributed by atoms with Gasteiger partial charge in [-0.2, -0.15) is 0 Å². The Hall–Kier alpha value is -2.05. The molecule has 1 aliphatic rings. The van der Waals surface area contributed by atoms with Crippen LogP contribution in [-0.4, -0.2) is 27.6 Å². The zero-order valence-electron chi connectivity index (χ0n) is 14.8. The molecule has 4 nitrogen and oxygen atoms in total. The maximum atomic E-state index is 12.8. The molecule has 1 N–H and O–H groups in total. The van der Waals surface area contributed by atoms with Crippen LogP contribution in [0.1, 0.15) is 23.6 Å². The number of rotatable bonds is 3. The molecule has 26 heavy (non-hydrogen) atoms. The molecular formula is C20H19BrN2O2S. The number of halogens is 1. The minimum absolute atomic E-state index is 0.0955. The number of nitrogens with zero attached hydrogens (tertiary/aromatic N) is 2. The number of hydrogen-bond acceptors (Lipinski definition) is 4. The van der Waals surface area contributed by atoms with Crippen molar-refractivity contribution in [2.75, 3.05) is 6.54 Å². The van der Waals surface area contributed by atoms with Gasteiger partial charge in [-0.25, -0.2) is 4.99 Å². The molecular weight excluding hydrogens is 412 g/mol. The molecule has 0 aromatic heterocycles. The highest BCUT2D eigenvalue weighted by Gasteiger charge is 2.32. The molecule has 0 spiro atoms. The Kier molecular flexibility index (Phi) is 5.53. The molecule has 6 heteroatoms. The molecule has 1 saturated heterocycles. The van der Waals surface area contributed by atoms with E-state index in [1.807, 2.05) is 39.0 Å². The number of phenols is 1. The summed E-state index contributed by atoms with van der Waals surface area (Å²) in [5.41, 5.74) is 3.64. The van der Waals surface area contributed by atoms with Crippen molar-refractivity contribution in [2.24, 2.45) is 4.99 Å². The lowest BCUT2D eigenvalue weighted by Gasteiger charge is -2.13. The topological polar surface area (TPSA) is 52.9 Å². The Bertz CT molecular complexity index is 917. The third-order valence-corrected chi connectivity index (χ3v) is 5.63. The monoisotopic (exact) mass is 430 g/mol. The highest BCUT2D eigenvalue weighted by atomic mass is 79.9. The summed E-state index contributed by atoms with van der Waals surface area (Å²) in [7, 11) is 0. The van der Waals surface area contributed by atoms with Crippen LogP contribution in [-0.2, 0) is 4.79 Å². The molecule has 1 heterocycles. The first kappa shape index (κ1) is 18.7. The van der Waals surface area contributed by atoms with Gasteiger partial charge in [-0.05, 0) is 67.9 Å². The fraction of sp³-hybridized carbons (Fsp3) is 0.200. The van der Waals surface area contributed by atoms with Crippen molar-refractivity contribution in [3.05, 3.63) is 62.5 Å². The van der Waals surface area contributed by atoms with Crippen molar-refractivity contribution >= 4 is 50.5 Å². The minimum atomic E-state index is -0.0955. The number of carbonyl (C=O) groups excluding carboxylic acids is 1. The Morgan fingerprint density at radius 3 is 2.58 bits per heavy atom. The average molecular weight is 431 g/mol. The van der Waals surface area contributed by atoms with Gasteiger partial charge < -0.3 is 5.11 Å². The second-order valence-corrected chi connectivity index (χ2v) is 7.92. The normalized spacial score (nSPS) is 17.5. The van der Waals surface area contributed by atoms with E-state index in [4.69, 9.17) is 4.99 Å². The van der Waals surface area contributed by atoms with Gasteiger partial charge in [0.15, 0.2) is 5.17 Å². The Labute approximate surface area is 165 Å². The maximum Gasteiger partial charge on any atom is 0.266 e. The van der Waals surface area contributed by atoms with E-state index in [2.05, 4.69) is 15.9 Å². The first-order chi connectivity index (χ1) is 12.4. The summed E-state index contributed by atoms with van der Waals surface area (Å²) < 4.78 is 0.842. The first-order valence-electron chi connectivity index (χ1n) is 8.25. The molecule has 0 aliphatic carbocycles. The fourth-order valence-electron chi connectivity index (χ4n) is 2.73. The quantitative estimate of drug-likeness (QED) is 0.663. The lowest BCUT2D eigenvalue weighted by molar-refractivity contribution is -0.122. The van der Waals surface area contributed by atoms with Crippen LogP contribution in [0, 0.1) is 13.8 Å². The van der Waals surface area contributed by atoms with Crippen LogP contribution in [0.5, 0.6) is 5.75 Å². The third kappa shape index (κ3) is 3.71. The summed E-state index contributed by atoms with van der Waals surface area (Å²) in [6, 6.07) is 11.2. The number of amides is 1. The lowest BCUT2D eigenvalue weighted by atomic mass is 10.1. The smallest absolute Gasteiger partial charge is 0.266 e. The van der Waals surface area contributed by atoms with Crippen molar-refractivity contribution in [1.82, 2.24) is 4.90 Å². The van der Waals surface area contributed by atoms with Crippen LogP contribution in [0.25, 0.3) is 6.08 Å². The summed E-state index contributed by atoms with van der Waals surface area (Å²) in [6.45, 7) is 6.50. The van der Waals surface area contributed by atoms with Gasteiger partial charge in [0.1, 0.15) is 5.75 Å². The largest absolute Gasteiger partial charge is 0.507 e. The van der Waals surface area contributed by atoms with Gasteiger partial charge in [0, 0.05) is 16.6 Å². The van der Waals surface area contributed by atoms with Gasteiger partial charge >= 0.3 is 0 Å². The number of para-hydroxylation sites is 1. The van der Waals surface area contributed by atoms with E-state index in [1.54, 1.807) is 29.2 Å². The van der Waals surface area contributed by atoms with Crippen LogP contribution in [0.4, 0.5) is 5.69 Å². The van der Waals surface area contributed by atoms with Gasteiger partial charge in [0.2, 0.25) is 0 Å². The summed E-state index contributed by atoms with van der Waals surface area (Å²) in [5, 5.41) is 10.7. The van der Waals surface area contributed by atoms with Gasteiger partial charge in [-0.3, -0.25) is 9.69 Å². The van der Waals surface area contributed by atoms with E-state index < -0.39 is 0 Å². The summed E-state index contributed by atoms with van der Waals surface area (Å²) in [6.07, 6.45) is 1.71. The number of phenolic OH excluding ortho intramolecular Hbond substituents is 1. The van der Waals surface area contributed by atoms with E-state index in [0.29, 0.717) is 22.2 Å². The molecule has 0 atom stereocenters. The number of likely N-dealkylation sites (N-methyl/N-ethyl adjacent to an activating group) is 1. The Balaban J connectivity index is 2.02. The first-order valence-corrected chi connectivity index (χ1v) is 9.86. The van der Waals surface area contributed by atoms with Gasteiger partial charge in [0.25, 0.3) is 5.91 Å². The lowest BCUT2D eigenvalue weighted by Crippen LogP contribution is -2.28. The van der Waals surface area contributed by atoms with Crippen molar-refractivity contribution in [3.8, 4) is 5.75 Å². The van der Waals surface area contributed by atoms with Crippen LogP contribution in [0.3, 0.4) is 0 Å². The molecule has 2 aromatic carbocycles. The van der Waals surface area contributed by atoms with E-state index in [1.165, 1.54) is 11.8 Å². The van der Waals surface area contributed by atoms with E-state index in [9.17, 15) is 9.90 Å². The summed E-state index contributed by atoms with van der Waals surface area (Å²) >= 11 is 4.73. The summed E-state index contributed by atoms with van der Waals surface area (Å²) in [5.74, 6) is 0.0409. The zero-order chi connectivity index (χ0) is 18.8. The molecule has 0 saturated carbocycles. The van der Waals surface area contributed by atoms with Gasteiger partial charge in [0.05, 0.1) is 10.6 Å². The highest BCUT2D eigenvalue weighted by Crippen LogP contribution is 2.36. The second-order valence-electron chi connectivity index (χ2n) is 6.00. The average Bonchev–Trinajstić information content (AvgIpc) is 2.89. The molecule has 0 bridgehead atoms. The van der Waals surface area contributed by atoms with E-state index >= 15 is 0 Å². The Morgan fingerprint density at radius 1 is 1.23 bits per heavy atom. The molecule has 1 fully saturated rings. The van der Waals surface area contributed by atoms with Crippen LogP contribution < -0.4 is 0 Å². The van der Waals surface area contributed by atoms with Crippen molar-refractivity contribution in [2.45, 2.75) is 20.8 Å². The van der Waals surface area contributed by atoms with E-state index in [-0.39, 0.29) is 11.7 Å². The number of benzene rings is 2. The van der Waals surface area contributed by atoms with Crippen molar-refractivity contribution in [1.29, 1.82) is 0 Å². The number of aryl methyl sites for hydroxylation is 2. The standard InChI is InChI=1S/C20H19BrN2O2S/c1-4-23-19(25)17(11-14-10-15(21)8-9-16(14)24)26-20(23)22-18-12(2)6-5-7-13(18)3/h5-11,24H,4H2,1-3H3/b17-11+,22-20?. The molecule has 0 unspecified atom stereocenters. The minimum Gasteiger partial charge on any atom is -0.507 e. The molecule has 2 aromatic rings. The van der Waals surface area contributed by atoms with Crippen LogP contribution in [0.15, 0.2) is 50.8 Å². The predicted octanol–water partition coefficient (Wildman–Crippen LogP) is 5.40. The number of aliphatic imine (C=N–C) groups is 1. The SMILES string of the molecule is CCN1C(=O)/C(=C\c2cc(Br)ccc2O)SC1=Nc1c(C)cccc1C. The predicted molar refractivity (Wildman–Crippen MR) is 112 cm³/mol. The summed E-state index contributed by atoms with van der Waals surface area (Å²) in [4.78, 5) is 19.7. The molecule has 1 aliphatic heterocycles. The number of aromatic hydroxyl groups is 1. The molecule has 134 valence electrons. The molecule has 0 radical (unpaired) electrons. The number of thioether (sulfide) groups is 1. The van der Waals surface area contributed by atoms with E-state index in [0.717, 1.165) is 21.3 Å². The maximum absolute atomic E-state index is 12.8. The van der Waals surface area contributed by atoms with Crippen LogP contribution >= 0.6 is 27.7 Å². The third-order valence-electron chi connectivity index (χ3n) is 4.13. The highest BCUT2D eigenvalue weighted by molar-refractivity contribution is 9.10. The number of carbonyl (C=O) groups is 1. The van der Waals surface area contributed by atoms with Crippen LogP contribution in [0.2, 0.25) is 0 Å². The number of amidine groups is 1. The molecule has 3 rings (SSSR count). The Morgan fingerprint density at radius 2 is 1.92 bits per heavy atom. The van der Waals surface area contributed by atoms with Crippen molar-refractivity contribution in [3.63, 3.8) is 0 Å². The van der Waals surface area contributed by atoms with Gasteiger partial charge in [-0.1, -0.05) is 34.1 Å².